The van der Waals surface area contributed by atoms with Crippen LogP contribution in [0.4, 0.5) is 0 Å². The molecule has 33 heavy (non-hydrogen) atoms. The highest BCUT2D eigenvalue weighted by Gasteiger charge is 2.42. The summed E-state index contributed by atoms with van der Waals surface area (Å²) in [6.07, 6.45) is 11.1. The van der Waals surface area contributed by atoms with Gasteiger partial charge in [-0.15, -0.1) is 0 Å². The molecule has 2 amide bonds. The predicted molar refractivity (Wildman–Crippen MR) is 127 cm³/mol. The molecule has 1 spiro atoms. The average Bonchev–Trinajstić information content (AvgIpc) is 3.52. The molecular weight excluding hydrogens is 440 g/mol. The van der Waals surface area contributed by atoms with Gasteiger partial charge in [-0.3, -0.25) is 9.59 Å². The minimum atomic E-state index is -0.0399. The van der Waals surface area contributed by atoms with Crippen molar-refractivity contribution in [2.75, 3.05) is 40.4 Å². The molecule has 174 valence electrons. The number of methoxy groups -OCH3 is 2. The number of carbonyl (C=O) groups excluding carboxylic acids is 2. The molecule has 4 rings (SSSR count). The number of carbonyl (C=O) groups is 2. The highest BCUT2D eigenvalue weighted by Crippen LogP contribution is 2.40. The van der Waals surface area contributed by atoms with Crippen molar-refractivity contribution < 1.29 is 19.1 Å². The standard InChI is InChI=1S/C24H28N4O4S/c1-31-22-19(15-25-23(26-22)32-2)4-6-21(30)28-13-10-24(17-28)8-11-27(12-9-24)20(29)5-3-18-7-14-33-16-18/h3-7,14-16H,8-13,17H2,1-2H3. The third-order valence-corrected chi connectivity index (χ3v) is 7.09. The molecule has 8 nitrogen and oxygen atoms in total. The lowest BCUT2D eigenvalue weighted by molar-refractivity contribution is -0.129. The van der Waals surface area contributed by atoms with Gasteiger partial charge in [0.25, 0.3) is 0 Å². The summed E-state index contributed by atoms with van der Waals surface area (Å²) in [5.74, 6) is 0.372. The molecule has 2 aliphatic rings. The van der Waals surface area contributed by atoms with Gasteiger partial charge in [-0.25, -0.2) is 4.98 Å². The number of amides is 2. The van der Waals surface area contributed by atoms with Crippen LogP contribution in [0.1, 0.15) is 30.4 Å². The molecule has 0 bridgehead atoms. The Morgan fingerprint density at radius 1 is 1.03 bits per heavy atom. The maximum absolute atomic E-state index is 12.8. The van der Waals surface area contributed by atoms with Gasteiger partial charge >= 0.3 is 6.01 Å². The van der Waals surface area contributed by atoms with Gasteiger partial charge < -0.3 is 19.3 Å². The smallest absolute Gasteiger partial charge is 0.319 e. The van der Waals surface area contributed by atoms with Crippen LogP contribution >= 0.6 is 11.3 Å². The maximum atomic E-state index is 12.8. The van der Waals surface area contributed by atoms with Gasteiger partial charge in [0.05, 0.1) is 19.8 Å². The Morgan fingerprint density at radius 2 is 1.73 bits per heavy atom. The first-order valence-electron chi connectivity index (χ1n) is 10.9. The number of hydrogen-bond acceptors (Lipinski definition) is 7. The molecule has 0 unspecified atom stereocenters. The Balaban J connectivity index is 1.31. The largest absolute Gasteiger partial charge is 0.480 e. The van der Waals surface area contributed by atoms with Crippen LogP contribution in [-0.2, 0) is 9.59 Å². The Bertz CT molecular complexity index is 1040. The van der Waals surface area contributed by atoms with Gasteiger partial charge in [-0.05, 0) is 59.2 Å². The molecule has 0 N–H and O–H groups in total. The highest BCUT2D eigenvalue weighted by molar-refractivity contribution is 7.08. The zero-order chi connectivity index (χ0) is 23.3. The first-order chi connectivity index (χ1) is 16.0. The van der Waals surface area contributed by atoms with E-state index in [-0.39, 0.29) is 23.2 Å². The summed E-state index contributed by atoms with van der Waals surface area (Å²) in [6, 6.07) is 2.21. The van der Waals surface area contributed by atoms with Crippen molar-refractivity contribution in [3.63, 3.8) is 0 Å². The monoisotopic (exact) mass is 468 g/mol. The fraction of sp³-hybridized carbons (Fsp3) is 0.417. The van der Waals surface area contributed by atoms with Crippen LogP contribution in [0.25, 0.3) is 12.2 Å². The van der Waals surface area contributed by atoms with Crippen molar-refractivity contribution in [1.82, 2.24) is 19.8 Å². The van der Waals surface area contributed by atoms with Crippen LogP contribution in [0.15, 0.2) is 35.2 Å². The summed E-state index contributed by atoms with van der Waals surface area (Å²) >= 11 is 1.62. The molecule has 2 fully saturated rings. The maximum Gasteiger partial charge on any atom is 0.319 e. The zero-order valence-electron chi connectivity index (χ0n) is 18.9. The van der Waals surface area contributed by atoms with Gasteiger partial charge in [0.15, 0.2) is 0 Å². The zero-order valence-corrected chi connectivity index (χ0v) is 19.7. The van der Waals surface area contributed by atoms with E-state index in [0.717, 1.165) is 51.0 Å². The molecule has 0 saturated carbocycles. The van der Waals surface area contributed by atoms with E-state index >= 15 is 0 Å². The minimum absolute atomic E-state index is 0.0399. The summed E-state index contributed by atoms with van der Waals surface area (Å²) in [5, 5.41) is 4.02. The number of hydrogen-bond donors (Lipinski definition) is 0. The minimum Gasteiger partial charge on any atom is -0.480 e. The first-order valence-corrected chi connectivity index (χ1v) is 11.9. The number of aromatic nitrogens is 2. The normalized spacial score (nSPS) is 17.9. The lowest BCUT2D eigenvalue weighted by atomic mass is 9.78. The molecule has 0 atom stereocenters. The van der Waals surface area contributed by atoms with E-state index in [9.17, 15) is 9.59 Å². The highest BCUT2D eigenvalue weighted by atomic mass is 32.1. The first kappa shape index (κ1) is 23.0. The number of rotatable bonds is 6. The molecule has 0 aliphatic carbocycles. The van der Waals surface area contributed by atoms with E-state index in [1.165, 1.54) is 14.2 Å². The molecule has 2 aliphatic heterocycles. The topological polar surface area (TPSA) is 84.9 Å². The van der Waals surface area contributed by atoms with E-state index in [4.69, 9.17) is 9.47 Å². The van der Waals surface area contributed by atoms with Crippen molar-refractivity contribution in [3.8, 4) is 11.9 Å². The van der Waals surface area contributed by atoms with E-state index < -0.39 is 0 Å². The van der Waals surface area contributed by atoms with Crippen molar-refractivity contribution in [2.45, 2.75) is 19.3 Å². The summed E-state index contributed by atoms with van der Waals surface area (Å²) in [7, 11) is 3.00. The fourth-order valence-electron chi connectivity index (χ4n) is 4.38. The second-order valence-electron chi connectivity index (χ2n) is 8.38. The summed E-state index contributed by atoms with van der Waals surface area (Å²) in [4.78, 5) is 37.3. The van der Waals surface area contributed by atoms with Crippen molar-refractivity contribution in [3.05, 3.63) is 46.3 Å². The van der Waals surface area contributed by atoms with Crippen LogP contribution < -0.4 is 9.47 Å². The summed E-state index contributed by atoms with van der Waals surface area (Å²) < 4.78 is 10.3. The Hall–Kier alpha value is -3.20. The van der Waals surface area contributed by atoms with Crippen molar-refractivity contribution in [2.24, 2.45) is 5.41 Å². The molecule has 2 aromatic rings. The van der Waals surface area contributed by atoms with Crippen LogP contribution in [0, 0.1) is 5.41 Å². The number of thiophene rings is 1. The third kappa shape index (κ3) is 5.42. The number of ether oxygens (including phenoxy) is 2. The SMILES string of the molecule is COc1ncc(C=CC(=O)N2CCC3(CCN(C(=O)C=Cc4ccsc4)CC3)C2)c(OC)n1. The lowest BCUT2D eigenvalue weighted by Gasteiger charge is -2.38. The summed E-state index contributed by atoms with van der Waals surface area (Å²) in [6.45, 7) is 2.90. The third-order valence-electron chi connectivity index (χ3n) is 6.39. The molecular formula is C24H28N4O4S. The van der Waals surface area contributed by atoms with Crippen LogP contribution in [0.3, 0.4) is 0 Å². The van der Waals surface area contributed by atoms with E-state index in [2.05, 4.69) is 9.97 Å². The van der Waals surface area contributed by atoms with Gasteiger partial charge in [0.1, 0.15) is 0 Å². The Kier molecular flexibility index (Phi) is 7.08. The van der Waals surface area contributed by atoms with E-state index in [1.54, 1.807) is 35.8 Å². The number of piperidine rings is 1. The number of likely N-dealkylation sites (tertiary alicyclic amines) is 2. The molecule has 0 aromatic carbocycles. The second-order valence-corrected chi connectivity index (χ2v) is 9.16. The van der Waals surface area contributed by atoms with Crippen LogP contribution in [0.5, 0.6) is 11.9 Å². The Morgan fingerprint density at radius 3 is 2.39 bits per heavy atom. The predicted octanol–water partition coefficient (Wildman–Crippen LogP) is 3.12. The van der Waals surface area contributed by atoms with Crippen LogP contribution in [-0.4, -0.2) is 72.0 Å². The average molecular weight is 469 g/mol. The lowest BCUT2D eigenvalue weighted by Crippen LogP contribution is -2.44. The summed E-state index contributed by atoms with van der Waals surface area (Å²) in [5.41, 5.74) is 1.76. The molecule has 2 aromatic heterocycles. The van der Waals surface area contributed by atoms with E-state index in [0.29, 0.717) is 11.4 Å². The van der Waals surface area contributed by atoms with E-state index in [1.807, 2.05) is 32.7 Å². The van der Waals surface area contributed by atoms with Crippen molar-refractivity contribution >= 4 is 35.3 Å². The Labute approximate surface area is 197 Å². The molecule has 9 heteroatoms. The fourth-order valence-corrected chi connectivity index (χ4v) is 5.01. The van der Waals surface area contributed by atoms with Gasteiger partial charge in [0.2, 0.25) is 17.7 Å². The van der Waals surface area contributed by atoms with Gasteiger partial charge in [0, 0.05) is 44.5 Å². The molecule has 4 heterocycles. The van der Waals surface area contributed by atoms with Crippen LogP contribution in [0.2, 0.25) is 0 Å². The van der Waals surface area contributed by atoms with Gasteiger partial charge in [-0.2, -0.15) is 16.3 Å². The number of nitrogens with zero attached hydrogens (tertiary/aromatic N) is 4. The second kappa shape index (κ2) is 10.2. The molecule has 2 saturated heterocycles. The van der Waals surface area contributed by atoms with Gasteiger partial charge in [-0.1, -0.05) is 0 Å². The molecule has 0 radical (unpaired) electrons. The van der Waals surface area contributed by atoms with Crippen molar-refractivity contribution in [1.29, 1.82) is 0 Å². The quantitative estimate of drug-likeness (QED) is 0.606.